The van der Waals surface area contributed by atoms with Crippen LogP contribution in [-0.4, -0.2) is 18.6 Å². The molecule has 96 valence electrons. The summed E-state index contributed by atoms with van der Waals surface area (Å²) in [5.74, 6) is -0.132. The normalized spacial score (nSPS) is 12.4. The van der Waals surface area contributed by atoms with Crippen LogP contribution in [0.5, 0.6) is 0 Å². The highest BCUT2D eigenvalue weighted by Gasteiger charge is 2.09. The van der Waals surface area contributed by atoms with Gasteiger partial charge in [-0.15, -0.1) is 11.3 Å². The van der Waals surface area contributed by atoms with Gasteiger partial charge in [0.25, 0.3) is 0 Å². The Morgan fingerprint density at radius 1 is 1.41 bits per heavy atom. The second-order valence-electron chi connectivity index (χ2n) is 4.01. The number of ether oxygens (including phenoxy) is 1. The largest absolute Gasteiger partial charge is 0.466 e. The van der Waals surface area contributed by atoms with Crippen molar-refractivity contribution in [3.05, 3.63) is 21.9 Å². The van der Waals surface area contributed by atoms with E-state index in [0.717, 1.165) is 13.0 Å². The van der Waals surface area contributed by atoms with E-state index in [1.54, 1.807) is 0 Å². The predicted molar refractivity (Wildman–Crippen MR) is 71.2 cm³/mol. The van der Waals surface area contributed by atoms with E-state index in [9.17, 15) is 4.79 Å². The summed E-state index contributed by atoms with van der Waals surface area (Å²) in [5, 5.41) is 3.34. The zero-order valence-corrected chi connectivity index (χ0v) is 11.6. The van der Waals surface area contributed by atoms with E-state index in [-0.39, 0.29) is 12.0 Å². The standard InChI is InChI=1S/C13H21NO2S/c1-4-11-6-7-12(17-11)9-14-10(3)8-13(15)16-5-2/h6-7,10,14H,4-5,8-9H2,1-3H3. The number of aryl methyl sites for hydroxylation is 1. The van der Waals surface area contributed by atoms with Gasteiger partial charge in [-0.1, -0.05) is 6.92 Å². The Morgan fingerprint density at radius 2 is 2.12 bits per heavy atom. The molecule has 3 nitrogen and oxygen atoms in total. The highest BCUT2D eigenvalue weighted by molar-refractivity contribution is 7.11. The van der Waals surface area contributed by atoms with E-state index in [2.05, 4.69) is 24.4 Å². The Bertz CT molecular complexity index is 349. The molecule has 0 spiro atoms. The van der Waals surface area contributed by atoms with Crippen molar-refractivity contribution in [3.63, 3.8) is 0 Å². The molecule has 1 heterocycles. The van der Waals surface area contributed by atoms with Crippen LogP contribution in [0.4, 0.5) is 0 Å². The molecule has 17 heavy (non-hydrogen) atoms. The maximum Gasteiger partial charge on any atom is 0.307 e. The van der Waals surface area contributed by atoms with Crippen LogP contribution in [0.2, 0.25) is 0 Å². The lowest BCUT2D eigenvalue weighted by molar-refractivity contribution is -0.143. The van der Waals surface area contributed by atoms with Crippen molar-refractivity contribution in [2.24, 2.45) is 0 Å². The second-order valence-corrected chi connectivity index (χ2v) is 5.27. The zero-order valence-electron chi connectivity index (χ0n) is 10.8. The van der Waals surface area contributed by atoms with Crippen molar-refractivity contribution in [3.8, 4) is 0 Å². The number of hydrogen-bond donors (Lipinski definition) is 1. The Labute approximate surface area is 107 Å². The fourth-order valence-electron chi connectivity index (χ4n) is 1.52. The molecule has 1 unspecified atom stereocenters. The van der Waals surface area contributed by atoms with Crippen LogP contribution in [0.25, 0.3) is 0 Å². The van der Waals surface area contributed by atoms with Gasteiger partial charge >= 0.3 is 5.97 Å². The average Bonchev–Trinajstić information content (AvgIpc) is 2.74. The van der Waals surface area contributed by atoms with Gasteiger partial charge in [0.05, 0.1) is 13.0 Å². The topological polar surface area (TPSA) is 38.3 Å². The van der Waals surface area contributed by atoms with Gasteiger partial charge in [-0.2, -0.15) is 0 Å². The van der Waals surface area contributed by atoms with Gasteiger partial charge in [0.2, 0.25) is 0 Å². The van der Waals surface area contributed by atoms with Crippen LogP contribution in [0.3, 0.4) is 0 Å². The number of hydrogen-bond acceptors (Lipinski definition) is 4. The van der Waals surface area contributed by atoms with Crippen molar-refractivity contribution in [2.75, 3.05) is 6.61 Å². The van der Waals surface area contributed by atoms with E-state index in [4.69, 9.17) is 4.74 Å². The predicted octanol–water partition coefficient (Wildman–Crippen LogP) is 2.74. The van der Waals surface area contributed by atoms with Crippen molar-refractivity contribution in [2.45, 2.75) is 46.2 Å². The second kappa shape index (κ2) is 7.45. The minimum atomic E-state index is -0.132. The van der Waals surface area contributed by atoms with Gasteiger partial charge < -0.3 is 10.1 Å². The molecule has 4 heteroatoms. The summed E-state index contributed by atoms with van der Waals surface area (Å²) in [7, 11) is 0. The molecule has 1 atom stereocenters. The summed E-state index contributed by atoms with van der Waals surface area (Å²) in [4.78, 5) is 14.0. The van der Waals surface area contributed by atoms with Crippen molar-refractivity contribution >= 4 is 17.3 Å². The SMILES string of the molecule is CCOC(=O)CC(C)NCc1ccc(CC)s1. The smallest absolute Gasteiger partial charge is 0.307 e. The van der Waals surface area contributed by atoms with Crippen molar-refractivity contribution in [1.82, 2.24) is 5.32 Å². The molecule has 0 radical (unpaired) electrons. The van der Waals surface area contributed by atoms with E-state index in [0.29, 0.717) is 13.0 Å². The third-order valence-electron chi connectivity index (χ3n) is 2.47. The van der Waals surface area contributed by atoms with Gasteiger partial charge in [0.15, 0.2) is 0 Å². The van der Waals surface area contributed by atoms with Crippen LogP contribution in [0, 0.1) is 0 Å². The van der Waals surface area contributed by atoms with Gasteiger partial charge in [-0.3, -0.25) is 4.79 Å². The first-order valence-corrected chi connectivity index (χ1v) is 6.94. The summed E-state index contributed by atoms with van der Waals surface area (Å²) in [6.45, 7) is 7.27. The number of carbonyl (C=O) groups is 1. The number of thiophene rings is 1. The fraction of sp³-hybridized carbons (Fsp3) is 0.615. The molecule has 0 aliphatic heterocycles. The minimum Gasteiger partial charge on any atom is -0.466 e. The third kappa shape index (κ3) is 5.33. The molecule has 0 fully saturated rings. The molecular formula is C13H21NO2S. The van der Waals surface area contributed by atoms with Crippen LogP contribution >= 0.6 is 11.3 Å². The summed E-state index contributed by atoms with van der Waals surface area (Å²) in [5.41, 5.74) is 0. The Morgan fingerprint density at radius 3 is 2.71 bits per heavy atom. The van der Waals surface area contributed by atoms with E-state index in [1.165, 1.54) is 9.75 Å². The molecule has 0 aromatic carbocycles. The highest BCUT2D eigenvalue weighted by atomic mass is 32.1. The maximum atomic E-state index is 11.3. The van der Waals surface area contributed by atoms with E-state index >= 15 is 0 Å². The number of carbonyl (C=O) groups excluding carboxylic acids is 1. The third-order valence-corrected chi connectivity index (χ3v) is 3.70. The Balaban J connectivity index is 2.27. The summed E-state index contributed by atoms with van der Waals surface area (Å²) >= 11 is 1.83. The molecule has 0 amide bonds. The fourth-order valence-corrected chi connectivity index (χ4v) is 2.43. The number of nitrogens with one attached hydrogen (secondary N) is 1. The van der Waals surface area contributed by atoms with E-state index in [1.807, 2.05) is 25.2 Å². The maximum absolute atomic E-state index is 11.3. The highest BCUT2D eigenvalue weighted by Crippen LogP contribution is 2.16. The summed E-state index contributed by atoms with van der Waals surface area (Å²) < 4.78 is 4.91. The number of esters is 1. The van der Waals surface area contributed by atoms with Crippen molar-refractivity contribution in [1.29, 1.82) is 0 Å². The first-order valence-electron chi connectivity index (χ1n) is 6.12. The monoisotopic (exact) mass is 255 g/mol. The first-order chi connectivity index (χ1) is 8.15. The molecular weight excluding hydrogens is 234 g/mol. The van der Waals surface area contributed by atoms with Crippen LogP contribution in [0.1, 0.15) is 36.9 Å². The molecule has 1 aromatic rings. The van der Waals surface area contributed by atoms with E-state index < -0.39 is 0 Å². The Kier molecular flexibility index (Phi) is 6.22. The molecule has 0 saturated heterocycles. The molecule has 0 bridgehead atoms. The molecule has 1 rings (SSSR count). The lowest BCUT2D eigenvalue weighted by Gasteiger charge is -2.11. The number of rotatable bonds is 7. The van der Waals surface area contributed by atoms with Gasteiger partial charge in [0.1, 0.15) is 0 Å². The van der Waals surface area contributed by atoms with Crippen LogP contribution in [0.15, 0.2) is 12.1 Å². The lowest BCUT2D eigenvalue weighted by atomic mass is 10.2. The van der Waals surface area contributed by atoms with Gasteiger partial charge in [-0.05, 0) is 32.4 Å². The minimum absolute atomic E-state index is 0.132. The zero-order chi connectivity index (χ0) is 12.7. The molecule has 0 aliphatic carbocycles. The van der Waals surface area contributed by atoms with Crippen molar-refractivity contribution < 1.29 is 9.53 Å². The molecule has 1 N–H and O–H groups in total. The molecule has 0 aliphatic rings. The van der Waals surface area contributed by atoms with Crippen LogP contribution < -0.4 is 5.32 Å². The molecule has 0 saturated carbocycles. The van der Waals surface area contributed by atoms with Gasteiger partial charge in [0, 0.05) is 22.3 Å². The molecule has 1 aromatic heterocycles. The summed E-state index contributed by atoms with van der Waals surface area (Å²) in [6, 6.07) is 4.46. The quantitative estimate of drug-likeness (QED) is 0.761. The average molecular weight is 255 g/mol. The van der Waals surface area contributed by atoms with Gasteiger partial charge in [-0.25, -0.2) is 0 Å². The Hall–Kier alpha value is -0.870. The lowest BCUT2D eigenvalue weighted by Crippen LogP contribution is -2.28. The van der Waals surface area contributed by atoms with Crippen LogP contribution in [-0.2, 0) is 22.5 Å². The summed E-state index contributed by atoms with van der Waals surface area (Å²) in [6.07, 6.45) is 1.52. The first kappa shape index (κ1) is 14.2.